The Morgan fingerprint density at radius 1 is 1.26 bits per heavy atom. The summed E-state index contributed by atoms with van der Waals surface area (Å²) >= 11 is 2.84. The molecule has 0 fully saturated rings. The van der Waals surface area contributed by atoms with E-state index in [0.29, 0.717) is 28.7 Å². The molecule has 6 rings (SSSR count). The summed E-state index contributed by atoms with van der Waals surface area (Å²) in [6.07, 6.45) is 2.52. The van der Waals surface area contributed by atoms with Gasteiger partial charge < -0.3 is 14.8 Å². The Bertz CT molecular complexity index is 1480. The van der Waals surface area contributed by atoms with Crippen LogP contribution >= 0.6 is 23.1 Å². The molecule has 176 valence electrons. The van der Waals surface area contributed by atoms with Crippen LogP contribution in [0.4, 0.5) is 10.8 Å². The largest absolute Gasteiger partial charge is 0.497 e. The highest BCUT2D eigenvalue weighted by Crippen LogP contribution is 2.38. The van der Waals surface area contributed by atoms with Crippen molar-refractivity contribution in [2.75, 3.05) is 30.1 Å². The number of anilines is 2. The number of aromatic nitrogens is 2. The summed E-state index contributed by atoms with van der Waals surface area (Å²) in [4.78, 5) is 34.6. The maximum absolute atomic E-state index is 12.8. The summed E-state index contributed by atoms with van der Waals surface area (Å²) in [6.45, 7) is 0.490. The van der Waals surface area contributed by atoms with E-state index in [4.69, 9.17) is 9.47 Å². The van der Waals surface area contributed by atoms with E-state index < -0.39 is 0 Å². The predicted molar refractivity (Wildman–Crippen MR) is 136 cm³/mol. The van der Waals surface area contributed by atoms with Crippen LogP contribution in [-0.2, 0) is 11.2 Å². The minimum Gasteiger partial charge on any atom is -0.497 e. The van der Waals surface area contributed by atoms with Crippen LogP contribution in [0.3, 0.4) is 0 Å². The molecular formula is C25H20N4O4S2. The average molecular weight is 505 g/mol. The fourth-order valence-electron chi connectivity index (χ4n) is 4.28. The van der Waals surface area contributed by atoms with Gasteiger partial charge in [-0.05, 0) is 42.8 Å². The van der Waals surface area contributed by atoms with Gasteiger partial charge in [-0.25, -0.2) is 4.98 Å². The summed E-state index contributed by atoms with van der Waals surface area (Å²) in [6, 6.07) is 11.1. The van der Waals surface area contributed by atoms with Crippen LogP contribution in [0, 0.1) is 0 Å². The first-order chi connectivity index (χ1) is 17.1. The molecule has 10 heteroatoms. The van der Waals surface area contributed by atoms with Gasteiger partial charge in [0, 0.05) is 32.7 Å². The summed E-state index contributed by atoms with van der Waals surface area (Å²) < 4.78 is 11.4. The summed E-state index contributed by atoms with van der Waals surface area (Å²) in [5.74, 6) is 1.65. The van der Waals surface area contributed by atoms with Crippen LogP contribution in [0.15, 0.2) is 52.9 Å². The molecular weight excluding hydrogens is 484 g/mol. The van der Waals surface area contributed by atoms with Gasteiger partial charge in [0.1, 0.15) is 11.5 Å². The van der Waals surface area contributed by atoms with Crippen molar-refractivity contribution in [3.63, 3.8) is 0 Å². The minimum absolute atomic E-state index is 0.0529. The molecule has 2 aliphatic heterocycles. The molecule has 2 aromatic heterocycles. The van der Waals surface area contributed by atoms with Crippen molar-refractivity contribution >= 4 is 56.6 Å². The van der Waals surface area contributed by atoms with Crippen molar-refractivity contribution in [2.45, 2.75) is 17.2 Å². The Morgan fingerprint density at radius 2 is 2.17 bits per heavy atom. The SMILES string of the molecule is COc1ccc2ncc3c(c2c1)CC(c1csc(NC(=O)c2ccc4c(c2)NC(=O)CS4)n1)CO3. The standard InChI is InChI=1S/C25H20N4O4S2/c1-32-15-3-4-18-16(8-15)17-6-14(10-33-21(17)9-26-18)20-11-35-25(28-20)29-24(31)13-2-5-22-19(7-13)27-23(30)12-34-22/h2-5,7-9,11,14H,6,10,12H2,1H3,(H,27,30)(H,28,29,31). The van der Waals surface area contributed by atoms with Crippen molar-refractivity contribution in [3.05, 3.63) is 64.8 Å². The molecule has 4 heterocycles. The van der Waals surface area contributed by atoms with Crippen LogP contribution < -0.4 is 20.1 Å². The van der Waals surface area contributed by atoms with E-state index in [0.717, 1.165) is 45.0 Å². The van der Waals surface area contributed by atoms with E-state index in [1.807, 2.05) is 29.6 Å². The number of methoxy groups -OCH3 is 1. The molecule has 2 amide bonds. The van der Waals surface area contributed by atoms with Crippen molar-refractivity contribution < 1.29 is 19.1 Å². The zero-order chi connectivity index (χ0) is 23.9. The minimum atomic E-state index is -0.270. The van der Waals surface area contributed by atoms with E-state index in [9.17, 15) is 9.59 Å². The molecule has 1 atom stereocenters. The van der Waals surface area contributed by atoms with E-state index in [1.165, 1.54) is 23.1 Å². The smallest absolute Gasteiger partial charge is 0.257 e. The first-order valence-corrected chi connectivity index (χ1v) is 12.9. The number of carbonyl (C=O) groups excluding carboxylic acids is 2. The molecule has 8 nitrogen and oxygen atoms in total. The Morgan fingerprint density at radius 3 is 3.06 bits per heavy atom. The van der Waals surface area contributed by atoms with Gasteiger partial charge in [0.2, 0.25) is 5.91 Å². The number of pyridine rings is 1. The molecule has 2 aromatic carbocycles. The molecule has 0 saturated carbocycles. The molecule has 35 heavy (non-hydrogen) atoms. The van der Waals surface area contributed by atoms with E-state index in [1.54, 1.807) is 25.4 Å². The maximum Gasteiger partial charge on any atom is 0.257 e. The van der Waals surface area contributed by atoms with Crippen LogP contribution in [-0.4, -0.2) is 41.3 Å². The van der Waals surface area contributed by atoms with Gasteiger partial charge in [0.15, 0.2) is 5.13 Å². The topological polar surface area (TPSA) is 102 Å². The lowest BCUT2D eigenvalue weighted by Crippen LogP contribution is -2.20. The monoisotopic (exact) mass is 504 g/mol. The Kier molecular flexibility index (Phi) is 5.54. The van der Waals surface area contributed by atoms with Crippen LogP contribution in [0.25, 0.3) is 10.9 Å². The summed E-state index contributed by atoms with van der Waals surface area (Å²) in [5.41, 5.74) is 3.97. The highest BCUT2D eigenvalue weighted by Gasteiger charge is 2.26. The Hall–Kier alpha value is -3.63. The maximum atomic E-state index is 12.8. The number of nitrogens with zero attached hydrogens (tertiary/aromatic N) is 2. The number of thiazole rings is 1. The number of hydrogen-bond donors (Lipinski definition) is 2. The number of hydrogen-bond acceptors (Lipinski definition) is 8. The molecule has 0 spiro atoms. The van der Waals surface area contributed by atoms with E-state index in [-0.39, 0.29) is 17.7 Å². The fourth-order valence-corrected chi connectivity index (χ4v) is 5.86. The summed E-state index contributed by atoms with van der Waals surface area (Å²) in [7, 11) is 1.65. The first kappa shape index (κ1) is 21.9. The molecule has 2 N–H and O–H groups in total. The van der Waals surface area contributed by atoms with Crippen LogP contribution in [0.2, 0.25) is 0 Å². The molecule has 2 aliphatic rings. The lowest BCUT2D eigenvalue weighted by Gasteiger charge is -2.25. The average Bonchev–Trinajstić information content (AvgIpc) is 3.35. The number of rotatable bonds is 4. The van der Waals surface area contributed by atoms with Crippen LogP contribution in [0.1, 0.15) is 27.5 Å². The number of fused-ring (bicyclic) bond motifs is 4. The van der Waals surface area contributed by atoms with Gasteiger partial charge in [0.25, 0.3) is 5.91 Å². The second-order valence-corrected chi connectivity index (χ2v) is 10.2. The van der Waals surface area contributed by atoms with Gasteiger partial charge in [-0.3, -0.25) is 19.9 Å². The van der Waals surface area contributed by atoms with Gasteiger partial charge in [-0.1, -0.05) is 0 Å². The highest BCUT2D eigenvalue weighted by atomic mass is 32.2. The molecule has 0 saturated heterocycles. The number of thioether (sulfide) groups is 1. The van der Waals surface area contributed by atoms with Crippen molar-refractivity contribution in [1.29, 1.82) is 0 Å². The lowest BCUT2D eigenvalue weighted by atomic mass is 9.92. The van der Waals surface area contributed by atoms with Gasteiger partial charge in [-0.15, -0.1) is 23.1 Å². The van der Waals surface area contributed by atoms with Gasteiger partial charge in [0.05, 0.1) is 42.6 Å². The lowest BCUT2D eigenvalue weighted by molar-refractivity contribution is -0.113. The first-order valence-electron chi connectivity index (χ1n) is 11.0. The zero-order valence-corrected chi connectivity index (χ0v) is 20.3. The molecule has 0 bridgehead atoms. The normalized spacial score (nSPS) is 16.6. The number of carbonyl (C=O) groups is 2. The Balaban J connectivity index is 1.20. The molecule has 4 aromatic rings. The number of ether oxygens (including phenoxy) is 2. The van der Waals surface area contributed by atoms with Crippen molar-refractivity contribution in [3.8, 4) is 11.5 Å². The third-order valence-corrected chi connectivity index (χ3v) is 7.92. The zero-order valence-electron chi connectivity index (χ0n) is 18.7. The van der Waals surface area contributed by atoms with Crippen molar-refractivity contribution in [1.82, 2.24) is 9.97 Å². The highest BCUT2D eigenvalue weighted by molar-refractivity contribution is 8.00. The number of amides is 2. The van der Waals surface area contributed by atoms with Gasteiger partial charge >= 0.3 is 0 Å². The van der Waals surface area contributed by atoms with Crippen molar-refractivity contribution in [2.24, 2.45) is 0 Å². The second kappa shape index (κ2) is 8.86. The molecule has 0 radical (unpaired) electrons. The summed E-state index contributed by atoms with van der Waals surface area (Å²) in [5, 5.41) is 9.19. The number of benzene rings is 2. The molecule has 1 unspecified atom stereocenters. The predicted octanol–water partition coefficient (Wildman–Crippen LogP) is 4.72. The van der Waals surface area contributed by atoms with E-state index >= 15 is 0 Å². The number of nitrogens with one attached hydrogen (secondary N) is 2. The third kappa shape index (κ3) is 4.19. The fraction of sp³-hybridized carbons (Fsp3) is 0.200. The quantitative estimate of drug-likeness (QED) is 0.415. The van der Waals surface area contributed by atoms with E-state index in [2.05, 4.69) is 20.6 Å². The molecule has 0 aliphatic carbocycles. The van der Waals surface area contributed by atoms with Gasteiger partial charge in [-0.2, -0.15) is 0 Å². The third-order valence-electron chi connectivity index (χ3n) is 6.07. The van der Waals surface area contributed by atoms with Crippen LogP contribution in [0.5, 0.6) is 11.5 Å². The second-order valence-electron chi connectivity index (χ2n) is 8.28. The Labute approximate surface area is 209 Å².